The Morgan fingerprint density at radius 1 is 1.19 bits per heavy atom. The van der Waals surface area contributed by atoms with Crippen LogP contribution in [0.3, 0.4) is 0 Å². The number of carbonyl (C=O) groups is 1. The lowest BCUT2D eigenvalue weighted by Crippen LogP contribution is -2.20. The number of para-hydroxylation sites is 2. The summed E-state index contributed by atoms with van der Waals surface area (Å²) in [4.78, 5) is 14.8. The lowest BCUT2D eigenvalue weighted by atomic mass is 10.2. The molecule has 0 bridgehead atoms. The number of ether oxygens (including phenoxy) is 1. The molecule has 2 aromatic carbocycles. The van der Waals surface area contributed by atoms with Gasteiger partial charge in [0.05, 0.1) is 23.0 Å². The molecule has 0 spiro atoms. The second-order valence-electron chi connectivity index (χ2n) is 6.04. The van der Waals surface area contributed by atoms with Gasteiger partial charge in [-0.3, -0.25) is 4.79 Å². The zero-order chi connectivity index (χ0) is 18.5. The Kier molecular flexibility index (Phi) is 6.38. The van der Waals surface area contributed by atoms with Crippen molar-refractivity contribution in [2.75, 3.05) is 30.4 Å². The minimum atomic E-state index is -0.171. The van der Waals surface area contributed by atoms with Crippen LogP contribution in [0.1, 0.15) is 18.4 Å². The first-order chi connectivity index (χ1) is 12.6. The van der Waals surface area contributed by atoms with Gasteiger partial charge in [0.1, 0.15) is 5.75 Å². The maximum Gasteiger partial charge on any atom is 0.248 e. The van der Waals surface area contributed by atoms with Gasteiger partial charge in [0, 0.05) is 29.2 Å². The van der Waals surface area contributed by atoms with E-state index in [4.69, 9.17) is 4.74 Å². The summed E-state index contributed by atoms with van der Waals surface area (Å²) in [6.07, 6.45) is 5.67. The van der Waals surface area contributed by atoms with Crippen molar-refractivity contribution < 1.29 is 9.53 Å². The van der Waals surface area contributed by atoms with Crippen LogP contribution in [0.25, 0.3) is 6.08 Å². The van der Waals surface area contributed by atoms with E-state index < -0.39 is 0 Å². The molecule has 0 atom stereocenters. The first-order valence-electron chi connectivity index (χ1n) is 8.44. The summed E-state index contributed by atoms with van der Waals surface area (Å²) in [6, 6.07) is 11.7. The minimum absolute atomic E-state index is 0.171. The van der Waals surface area contributed by atoms with Crippen molar-refractivity contribution in [1.82, 2.24) is 0 Å². The summed E-state index contributed by atoms with van der Waals surface area (Å²) < 4.78 is 7.15. The summed E-state index contributed by atoms with van der Waals surface area (Å²) in [5.41, 5.74) is 2.73. The zero-order valence-electron chi connectivity index (χ0n) is 14.5. The number of rotatable bonds is 5. The second-order valence-corrected chi connectivity index (χ2v) is 7.81. The highest BCUT2D eigenvalue weighted by Gasteiger charge is 2.16. The van der Waals surface area contributed by atoms with Gasteiger partial charge in [-0.05, 0) is 59.1 Å². The van der Waals surface area contributed by atoms with Crippen molar-refractivity contribution in [2.24, 2.45) is 0 Å². The molecule has 26 heavy (non-hydrogen) atoms. The molecule has 0 aliphatic carbocycles. The molecule has 0 unspecified atom stereocenters. The Balaban J connectivity index is 1.77. The Morgan fingerprint density at radius 3 is 2.65 bits per heavy atom. The van der Waals surface area contributed by atoms with Crippen LogP contribution in [0.4, 0.5) is 11.4 Å². The number of carbonyl (C=O) groups excluding carboxylic acids is 1. The predicted molar refractivity (Wildman–Crippen MR) is 114 cm³/mol. The van der Waals surface area contributed by atoms with Gasteiger partial charge in [-0.2, -0.15) is 0 Å². The van der Waals surface area contributed by atoms with E-state index in [0.717, 1.165) is 39.0 Å². The van der Waals surface area contributed by atoms with Crippen molar-refractivity contribution in [3.63, 3.8) is 0 Å². The van der Waals surface area contributed by atoms with Crippen molar-refractivity contribution in [3.8, 4) is 5.75 Å². The van der Waals surface area contributed by atoms with Gasteiger partial charge in [-0.1, -0.05) is 28.1 Å². The molecule has 2 aromatic rings. The summed E-state index contributed by atoms with van der Waals surface area (Å²) in [7, 11) is 1.61. The maximum absolute atomic E-state index is 12.4. The fraction of sp³-hybridized carbons (Fsp3) is 0.250. The molecule has 3 rings (SSSR count). The van der Waals surface area contributed by atoms with Crippen LogP contribution >= 0.6 is 31.9 Å². The van der Waals surface area contributed by atoms with Gasteiger partial charge < -0.3 is 15.0 Å². The largest absolute Gasteiger partial charge is 0.495 e. The Hall–Kier alpha value is -1.79. The SMILES string of the molecule is COc1c(Br)cc(Br)cc1/C=C/C(=O)Nc1ccccc1N1CCCC1. The van der Waals surface area contributed by atoms with E-state index >= 15 is 0 Å². The predicted octanol–water partition coefficient (Wildman–Crippen LogP) is 5.47. The molecule has 0 saturated carbocycles. The van der Waals surface area contributed by atoms with E-state index in [0.29, 0.717) is 5.75 Å². The van der Waals surface area contributed by atoms with Crippen LogP contribution < -0.4 is 15.0 Å². The Morgan fingerprint density at radius 2 is 1.92 bits per heavy atom. The molecule has 1 saturated heterocycles. The number of anilines is 2. The van der Waals surface area contributed by atoms with Crippen molar-refractivity contribution in [1.29, 1.82) is 0 Å². The molecular formula is C20H20Br2N2O2. The molecule has 1 aliphatic rings. The molecule has 0 aromatic heterocycles. The third-order valence-electron chi connectivity index (χ3n) is 4.26. The zero-order valence-corrected chi connectivity index (χ0v) is 17.6. The van der Waals surface area contributed by atoms with Crippen molar-refractivity contribution >= 4 is 55.2 Å². The molecule has 1 fully saturated rings. The van der Waals surface area contributed by atoms with Crippen molar-refractivity contribution in [3.05, 3.63) is 57.0 Å². The summed E-state index contributed by atoms with van der Waals surface area (Å²) in [5, 5.41) is 2.99. The normalized spacial score (nSPS) is 14.0. The highest BCUT2D eigenvalue weighted by atomic mass is 79.9. The van der Waals surface area contributed by atoms with Gasteiger partial charge in [-0.15, -0.1) is 0 Å². The first-order valence-corrected chi connectivity index (χ1v) is 10.0. The van der Waals surface area contributed by atoms with Crippen LogP contribution in [-0.2, 0) is 4.79 Å². The second kappa shape index (κ2) is 8.73. The number of nitrogens with zero attached hydrogens (tertiary/aromatic N) is 1. The van der Waals surface area contributed by atoms with E-state index in [1.807, 2.05) is 30.3 Å². The van der Waals surface area contributed by atoms with Gasteiger partial charge in [-0.25, -0.2) is 0 Å². The van der Waals surface area contributed by atoms with Gasteiger partial charge in [0.2, 0.25) is 5.91 Å². The smallest absolute Gasteiger partial charge is 0.248 e. The Labute approximate surface area is 170 Å². The summed E-state index contributed by atoms with van der Waals surface area (Å²) in [6.45, 7) is 2.07. The summed E-state index contributed by atoms with van der Waals surface area (Å²) >= 11 is 6.93. The molecule has 1 aliphatic heterocycles. The van der Waals surface area contributed by atoms with E-state index in [1.54, 1.807) is 13.2 Å². The fourth-order valence-electron chi connectivity index (χ4n) is 3.07. The molecule has 0 radical (unpaired) electrons. The van der Waals surface area contributed by atoms with E-state index in [1.165, 1.54) is 18.9 Å². The monoisotopic (exact) mass is 478 g/mol. The highest BCUT2D eigenvalue weighted by Crippen LogP contribution is 2.33. The number of amides is 1. The summed E-state index contributed by atoms with van der Waals surface area (Å²) in [5.74, 6) is 0.518. The topological polar surface area (TPSA) is 41.6 Å². The van der Waals surface area contributed by atoms with Gasteiger partial charge >= 0.3 is 0 Å². The standard InChI is InChI=1S/C20H20Br2N2O2/c1-26-20-14(12-15(21)13-16(20)22)8-9-19(25)23-17-6-2-3-7-18(17)24-10-4-5-11-24/h2-3,6-9,12-13H,4-5,10-11H2,1H3,(H,23,25)/b9-8+. The maximum atomic E-state index is 12.4. The third-order valence-corrected chi connectivity index (χ3v) is 5.31. The average Bonchev–Trinajstić information content (AvgIpc) is 3.14. The number of halogens is 2. The van der Waals surface area contributed by atoms with Crippen LogP contribution in [-0.4, -0.2) is 26.1 Å². The molecule has 4 nitrogen and oxygen atoms in total. The van der Waals surface area contributed by atoms with Gasteiger partial charge in [0.25, 0.3) is 0 Å². The average molecular weight is 480 g/mol. The molecule has 6 heteroatoms. The highest BCUT2D eigenvalue weighted by molar-refractivity contribution is 9.11. The van der Waals surface area contributed by atoms with E-state index in [2.05, 4.69) is 48.1 Å². The minimum Gasteiger partial charge on any atom is -0.495 e. The van der Waals surface area contributed by atoms with E-state index in [9.17, 15) is 4.79 Å². The van der Waals surface area contributed by atoms with Crippen molar-refractivity contribution in [2.45, 2.75) is 12.8 Å². The third kappa shape index (κ3) is 4.48. The lowest BCUT2D eigenvalue weighted by Gasteiger charge is -2.21. The number of nitrogens with one attached hydrogen (secondary N) is 1. The van der Waals surface area contributed by atoms with Crippen LogP contribution in [0.2, 0.25) is 0 Å². The number of benzene rings is 2. The van der Waals surface area contributed by atoms with E-state index in [-0.39, 0.29) is 5.91 Å². The van der Waals surface area contributed by atoms with Gasteiger partial charge in [0.15, 0.2) is 0 Å². The number of methoxy groups -OCH3 is 1. The van der Waals surface area contributed by atoms with Crippen LogP contribution in [0.15, 0.2) is 51.4 Å². The first kappa shape index (κ1) is 19.0. The molecule has 1 heterocycles. The number of hydrogen-bond acceptors (Lipinski definition) is 3. The lowest BCUT2D eigenvalue weighted by molar-refractivity contribution is -0.111. The molecule has 1 N–H and O–H groups in total. The van der Waals surface area contributed by atoms with Crippen LogP contribution in [0.5, 0.6) is 5.75 Å². The molecular weight excluding hydrogens is 460 g/mol. The number of hydrogen-bond donors (Lipinski definition) is 1. The molecule has 1 amide bonds. The molecule has 136 valence electrons. The Bertz CT molecular complexity index is 831. The van der Waals surface area contributed by atoms with Crippen LogP contribution in [0, 0.1) is 0 Å². The quantitative estimate of drug-likeness (QED) is 0.578. The fourth-order valence-corrected chi connectivity index (χ4v) is 4.49.